The highest BCUT2D eigenvalue weighted by molar-refractivity contribution is 7.17. The first kappa shape index (κ1) is 5.53. The van der Waals surface area contributed by atoms with Gasteiger partial charge in [-0.25, -0.2) is 0 Å². The molecule has 0 aliphatic carbocycles. The fraction of sp³-hybridized carbons (Fsp3) is 1.00. The Kier molecular flexibility index (Phi) is 2.08. The summed E-state index contributed by atoms with van der Waals surface area (Å²) in [5.41, 5.74) is 0.841. The van der Waals surface area contributed by atoms with E-state index in [1.54, 1.807) is 0 Å². The Morgan fingerprint density at radius 3 is 2.71 bits per heavy atom. The molecule has 0 aromatic rings. The van der Waals surface area contributed by atoms with E-state index in [1.807, 2.05) is 0 Å². The van der Waals surface area contributed by atoms with Gasteiger partial charge in [0.1, 0.15) is 0 Å². The first-order valence-corrected chi connectivity index (χ1v) is 3.52. The summed E-state index contributed by atoms with van der Waals surface area (Å²) >= 11 is 0. The van der Waals surface area contributed by atoms with Gasteiger partial charge in [-0.15, -0.1) is 9.24 Å². The van der Waals surface area contributed by atoms with Gasteiger partial charge in [-0.1, -0.05) is 0 Å². The van der Waals surface area contributed by atoms with Gasteiger partial charge in [0.2, 0.25) is 0 Å². The number of rotatable bonds is 0. The average molecular weight is 117 g/mol. The molecule has 1 aliphatic rings. The van der Waals surface area contributed by atoms with Crippen LogP contribution >= 0.6 is 9.24 Å². The lowest BCUT2D eigenvalue weighted by molar-refractivity contribution is 0.531. The van der Waals surface area contributed by atoms with Gasteiger partial charge >= 0.3 is 0 Å². The van der Waals surface area contributed by atoms with Crippen LogP contribution in [-0.4, -0.2) is 18.7 Å². The van der Waals surface area contributed by atoms with Gasteiger partial charge in [0, 0.05) is 6.54 Å². The molecule has 1 unspecified atom stereocenters. The second-order valence-electron chi connectivity index (χ2n) is 2.11. The van der Waals surface area contributed by atoms with Gasteiger partial charge in [-0.05, 0) is 25.0 Å². The summed E-state index contributed by atoms with van der Waals surface area (Å²) in [4.78, 5) is 0. The minimum atomic E-state index is 0.841. The summed E-state index contributed by atoms with van der Waals surface area (Å²) in [6, 6.07) is 0. The molecule has 0 saturated carbocycles. The second kappa shape index (κ2) is 2.64. The van der Waals surface area contributed by atoms with Crippen LogP contribution in [-0.2, 0) is 0 Å². The molecule has 1 heterocycles. The van der Waals surface area contributed by atoms with Crippen molar-refractivity contribution in [3.63, 3.8) is 0 Å². The van der Waals surface area contributed by atoms with Gasteiger partial charge in [-0.2, -0.15) is 0 Å². The monoisotopic (exact) mass is 117 g/mol. The van der Waals surface area contributed by atoms with E-state index in [0.29, 0.717) is 0 Å². The topological polar surface area (TPSA) is 12.0 Å². The van der Waals surface area contributed by atoms with Crippen molar-refractivity contribution in [3.05, 3.63) is 0 Å². The normalized spacial score (nSPS) is 33.0. The molecule has 0 aromatic carbocycles. The van der Waals surface area contributed by atoms with Crippen LogP contribution < -0.4 is 5.32 Å². The molecule has 1 N–H and O–H groups in total. The van der Waals surface area contributed by atoms with E-state index in [9.17, 15) is 0 Å². The van der Waals surface area contributed by atoms with Crippen molar-refractivity contribution in [2.75, 3.05) is 13.1 Å². The molecule has 1 aliphatic heterocycles. The molecule has 7 heavy (non-hydrogen) atoms. The van der Waals surface area contributed by atoms with Crippen molar-refractivity contribution in [1.82, 2.24) is 5.32 Å². The molecule has 0 amide bonds. The SMILES string of the molecule is P[C@H]1CCCNC1. The van der Waals surface area contributed by atoms with Gasteiger partial charge in [-0.3, -0.25) is 0 Å². The van der Waals surface area contributed by atoms with Gasteiger partial charge in [0.25, 0.3) is 0 Å². The van der Waals surface area contributed by atoms with Crippen LogP contribution in [0.5, 0.6) is 0 Å². The Bertz CT molecular complexity index is 50.0. The van der Waals surface area contributed by atoms with Crippen molar-refractivity contribution in [3.8, 4) is 0 Å². The second-order valence-corrected chi connectivity index (χ2v) is 3.05. The number of hydrogen-bond donors (Lipinski definition) is 1. The predicted octanol–water partition coefficient (Wildman–Crippen LogP) is 0.613. The van der Waals surface area contributed by atoms with Crippen molar-refractivity contribution < 1.29 is 0 Å². The summed E-state index contributed by atoms with van der Waals surface area (Å²) in [7, 11) is 2.84. The molecule has 0 spiro atoms. The van der Waals surface area contributed by atoms with E-state index in [-0.39, 0.29) is 0 Å². The molecule has 1 fully saturated rings. The van der Waals surface area contributed by atoms with Crippen molar-refractivity contribution in [2.45, 2.75) is 18.5 Å². The molecule has 0 bridgehead atoms. The molecule has 1 nitrogen and oxygen atoms in total. The first-order chi connectivity index (χ1) is 3.39. The van der Waals surface area contributed by atoms with Gasteiger partial charge in [0.15, 0.2) is 0 Å². The van der Waals surface area contributed by atoms with Crippen LogP contribution in [0.25, 0.3) is 0 Å². The quantitative estimate of drug-likeness (QED) is 0.458. The highest BCUT2D eigenvalue weighted by atomic mass is 31.0. The number of piperidine rings is 1. The lowest BCUT2D eigenvalue weighted by atomic mass is 10.2. The molecule has 2 heteroatoms. The predicted molar refractivity (Wildman–Crippen MR) is 35.6 cm³/mol. The third-order valence-electron chi connectivity index (χ3n) is 1.33. The van der Waals surface area contributed by atoms with E-state index in [0.717, 1.165) is 5.66 Å². The molecular formula is C5H12NP. The first-order valence-electron chi connectivity index (χ1n) is 2.86. The third kappa shape index (κ3) is 1.75. The molecular weight excluding hydrogens is 105 g/mol. The molecule has 2 atom stereocenters. The van der Waals surface area contributed by atoms with Crippen molar-refractivity contribution >= 4 is 9.24 Å². The van der Waals surface area contributed by atoms with E-state index in [2.05, 4.69) is 14.6 Å². The van der Waals surface area contributed by atoms with Crippen molar-refractivity contribution in [2.24, 2.45) is 0 Å². The van der Waals surface area contributed by atoms with E-state index in [1.165, 1.54) is 25.9 Å². The fourth-order valence-corrected chi connectivity index (χ4v) is 1.28. The summed E-state index contributed by atoms with van der Waals surface area (Å²) in [5.74, 6) is 0. The van der Waals surface area contributed by atoms with Crippen LogP contribution in [0, 0.1) is 0 Å². The highest BCUT2D eigenvalue weighted by Crippen LogP contribution is 2.09. The van der Waals surface area contributed by atoms with Crippen LogP contribution in [0.4, 0.5) is 0 Å². The van der Waals surface area contributed by atoms with Crippen LogP contribution in [0.3, 0.4) is 0 Å². The Hall–Kier alpha value is 0.390. The minimum absolute atomic E-state index is 0.841. The molecule has 1 rings (SSSR count). The maximum Gasteiger partial charge on any atom is 0.00142 e. The Morgan fingerprint density at radius 1 is 1.57 bits per heavy atom. The third-order valence-corrected chi connectivity index (χ3v) is 1.90. The molecule has 0 aromatic heterocycles. The lowest BCUT2D eigenvalue weighted by Crippen LogP contribution is -2.29. The standard InChI is InChI=1S/C5H12NP/c7-5-2-1-3-6-4-5/h5-6H,1-4,7H2/t5-/m0/s1. The summed E-state index contributed by atoms with van der Waals surface area (Å²) in [6.45, 7) is 2.43. The average Bonchev–Trinajstić information content (AvgIpc) is 1.69. The number of hydrogen-bond acceptors (Lipinski definition) is 1. The zero-order chi connectivity index (χ0) is 5.11. The Morgan fingerprint density at radius 2 is 2.43 bits per heavy atom. The van der Waals surface area contributed by atoms with Crippen LogP contribution in [0.1, 0.15) is 12.8 Å². The molecule has 42 valence electrons. The summed E-state index contributed by atoms with van der Waals surface area (Å²) in [5, 5.41) is 3.31. The van der Waals surface area contributed by atoms with E-state index < -0.39 is 0 Å². The minimum Gasteiger partial charge on any atom is -0.316 e. The Balaban J connectivity index is 2.12. The molecule has 0 radical (unpaired) electrons. The van der Waals surface area contributed by atoms with Crippen LogP contribution in [0.15, 0.2) is 0 Å². The maximum atomic E-state index is 3.31. The van der Waals surface area contributed by atoms with Gasteiger partial charge < -0.3 is 5.32 Å². The van der Waals surface area contributed by atoms with Crippen molar-refractivity contribution in [1.29, 1.82) is 0 Å². The van der Waals surface area contributed by atoms with E-state index in [4.69, 9.17) is 0 Å². The summed E-state index contributed by atoms with van der Waals surface area (Å²) < 4.78 is 0. The zero-order valence-electron chi connectivity index (χ0n) is 4.48. The molecule has 1 saturated heterocycles. The number of nitrogens with one attached hydrogen (secondary N) is 1. The zero-order valence-corrected chi connectivity index (χ0v) is 5.64. The maximum absolute atomic E-state index is 3.31. The van der Waals surface area contributed by atoms with Crippen LogP contribution in [0.2, 0.25) is 0 Å². The highest BCUT2D eigenvalue weighted by Gasteiger charge is 2.05. The van der Waals surface area contributed by atoms with E-state index >= 15 is 0 Å². The Labute approximate surface area is 47.1 Å². The largest absolute Gasteiger partial charge is 0.316 e. The van der Waals surface area contributed by atoms with Gasteiger partial charge in [0.05, 0.1) is 0 Å². The fourth-order valence-electron chi connectivity index (χ4n) is 0.879. The summed E-state index contributed by atoms with van der Waals surface area (Å²) in [6.07, 6.45) is 2.74. The smallest absolute Gasteiger partial charge is 0.00142 e. The lowest BCUT2D eigenvalue weighted by Gasteiger charge is -2.17.